The SMILES string of the molecule is O=C(Cn1nc(C(F)(F)F)c2c1CCOC2)N1CCCC(O)CC1. The molecule has 134 valence electrons. The molecule has 0 spiro atoms. The van der Waals surface area contributed by atoms with Gasteiger partial charge in [0.2, 0.25) is 5.91 Å². The highest BCUT2D eigenvalue weighted by Crippen LogP contribution is 2.34. The Bertz CT molecular complexity index is 615. The minimum atomic E-state index is -4.56. The number of aromatic nitrogens is 2. The van der Waals surface area contributed by atoms with Crippen LogP contribution in [0.3, 0.4) is 0 Å². The molecule has 1 N–H and O–H groups in total. The summed E-state index contributed by atoms with van der Waals surface area (Å²) in [5.74, 6) is -0.269. The molecule has 0 saturated carbocycles. The highest BCUT2D eigenvalue weighted by Gasteiger charge is 2.40. The molecule has 3 rings (SSSR count). The largest absolute Gasteiger partial charge is 0.435 e. The second-order valence-electron chi connectivity index (χ2n) is 6.20. The van der Waals surface area contributed by atoms with E-state index in [0.29, 0.717) is 51.1 Å². The first kappa shape index (κ1) is 17.2. The highest BCUT2D eigenvalue weighted by molar-refractivity contribution is 5.76. The number of carbonyl (C=O) groups is 1. The van der Waals surface area contributed by atoms with E-state index in [0.717, 1.165) is 0 Å². The zero-order chi connectivity index (χ0) is 17.3. The van der Waals surface area contributed by atoms with E-state index in [1.54, 1.807) is 4.90 Å². The Morgan fingerprint density at radius 2 is 2.12 bits per heavy atom. The summed E-state index contributed by atoms with van der Waals surface area (Å²) in [6.07, 6.45) is -2.86. The number of aliphatic hydroxyl groups is 1. The van der Waals surface area contributed by atoms with Crippen molar-refractivity contribution < 1.29 is 27.8 Å². The highest BCUT2D eigenvalue weighted by atomic mass is 19.4. The molecule has 1 amide bonds. The van der Waals surface area contributed by atoms with Crippen LogP contribution in [0.4, 0.5) is 13.2 Å². The topological polar surface area (TPSA) is 67.6 Å². The number of aliphatic hydroxyl groups excluding tert-OH is 1. The maximum absolute atomic E-state index is 13.1. The predicted octanol–water partition coefficient (Wildman–Crippen LogP) is 1.35. The number of rotatable bonds is 2. The number of ether oxygens (including phenoxy) is 1. The standard InChI is InChI=1S/C15H20F3N3O3/c16-15(17,18)14-11-9-24-7-4-12(11)21(19-14)8-13(23)20-5-1-2-10(22)3-6-20/h10,22H,1-9H2. The molecule has 1 atom stereocenters. The molecule has 2 aliphatic heterocycles. The molecule has 3 heterocycles. The van der Waals surface area contributed by atoms with Gasteiger partial charge in [-0.2, -0.15) is 18.3 Å². The van der Waals surface area contributed by atoms with Gasteiger partial charge in [-0.15, -0.1) is 0 Å². The Morgan fingerprint density at radius 1 is 1.33 bits per heavy atom. The van der Waals surface area contributed by atoms with Gasteiger partial charge < -0.3 is 14.7 Å². The van der Waals surface area contributed by atoms with Crippen molar-refractivity contribution in [2.45, 2.75) is 51.1 Å². The maximum Gasteiger partial charge on any atom is 0.435 e. The number of hydrogen-bond acceptors (Lipinski definition) is 4. The van der Waals surface area contributed by atoms with Crippen LogP contribution in [0.1, 0.15) is 36.2 Å². The van der Waals surface area contributed by atoms with Crippen LogP contribution in [0.5, 0.6) is 0 Å². The Balaban J connectivity index is 1.79. The monoisotopic (exact) mass is 347 g/mol. The van der Waals surface area contributed by atoms with Crippen LogP contribution in [-0.2, 0) is 35.3 Å². The van der Waals surface area contributed by atoms with Gasteiger partial charge in [0, 0.05) is 30.8 Å². The average molecular weight is 347 g/mol. The minimum Gasteiger partial charge on any atom is -0.393 e. The molecule has 1 fully saturated rings. The fourth-order valence-corrected chi connectivity index (χ4v) is 3.22. The maximum atomic E-state index is 13.1. The van der Waals surface area contributed by atoms with Crippen LogP contribution < -0.4 is 0 Å². The first-order valence-electron chi connectivity index (χ1n) is 8.05. The summed E-state index contributed by atoms with van der Waals surface area (Å²) >= 11 is 0. The van der Waals surface area contributed by atoms with Crippen molar-refractivity contribution in [1.82, 2.24) is 14.7 Å². The van der Waals surface area contributed by atoms with Crippen molar-refractivity contribution in [2.75, 3.05) is 19.7 Å². The normalized spacial score (nSPS) is 22.2. The van der Waals surface area contributed by atoms with E-state index in [9.17, 15) is 23.1 Å². The van der Waals surface area contributed by atoms with E-state index in [1.807, 2.05) is 0 Å². The van der Waals surface area contributed by atoms with E-state index < -0.39 is 18.0 Å². The Morgan fingerprint density at radius 3 is 2.88 bits per heavy atom. The van der Waals surface area contributed by atoms with Crippen LogP contribution in [0.15, 0.2) is 0 Å². The molecular weight excluding hydrogens is 327 g/mol. The molecule has 1 saturated heterocycles. The zero-order valence-electron chi connectivity index (χ0n) is 13.2. The van der Waals surface area contributed by atoms with Crippen molar-refractivity contribution in [3.63, 3.8) is 0 Å². The van der Waals surface area contributed by atoms with E-state index in [4.69, 9.17) is 4.74 Å². The molecule has 1 unspecified atom stereocenters. The number of halogens is 3. The number of likely N-dealkylation sites (tertiary alicyclic amines) is 1. The first-order valence-corrected chi connectivity index (χ1v) is 8.05. The molecule has 0 aliphatic carbocycles. The smallest absolute Gasteiger partial charge is 0.393 e. The fourth-order valence-electron chi connectivity index (χ4n) is 3.22. The Hall–Kier alpha value is -1.61. The molecular formula is C15H20F3N3O3. The molecule has 0 bridgehead atoms. The number of hydrogen-bond donors (Lipinski definition) is 1. The first-order chi connectivity index (χ1) is 11.4. The molecule has 9 heteroatoms. The summed E-state index contributed by atoms with van der Waals surface area (Å²) in [5.41, 5.74) is -0.499. The van der Waals surface area contributed by atoms with E-state index in [2.05, 4.69) is 5.10 Å². The predicted molar refractivity (Wildman–Crippen MR) is 77.0 cm³/mol. The van der Waals surface area contributed by atoms with Crippen molar-refractivity contribution in [1.29, 1.82) is 0 Å². The number of nitrogens with zero attached hydrogens (tertiary/aromatic N) is 3. The van der Waals surface area contributed by atoms with Crippen LogP contribution in [-0.4, -0.2) is 51.5 Å². The zero-order valence-corrected chi connectivity index (χ0v) is 13.2. The lowest BCUT2D eigenvalue weighted by Gasteiger charge is -2.21. The van der Waals surface area contributed by atoms with Gasteiger partial charge in [0.25, 0.3) is 0 Å². The van der Waals surface area contributed by atoms with Crippen LogP contribution >= 0.6 is 0 Å². The summed E-state index contributed by atoms with van der Waals surface area (Å²) in [7, 11) is 0. The van der Waals surface area contributed by atoms with Gasteiger partial charge in [-0.25, -0.2) is 0 Å². The number of alkyl halides is 3. The van der Waals surface area contributed by atoms with Gasteiger partial charge in [-0.1, -0.05) is 0 Å². The third-order valence-electron chi connectivity index (χ3n) is 4.50. The van der Waals surface area contributed by atoms with E-state index in [1.165, 1.54) is 4.68 Å². The summed E-state index contributed by atoms with van der Waals surface area (Å²) in [4.78, 5) is 14.0. The molecule has 0 radical (unpaired) electrons. The lowest BCUT2D eigenvalue weighted by atomic mass is 10.1. The van der Waals surface area contributed by atoms with Crippen molar-refractivity contribution in [3.05, 3.63) is 17.0 Å². The number of amides is 1. The number of carbonyl (C=O) groups excluding carboxylic acids is 1. The summed E-state index contributed by atoms with van der Waals surface area (Å²) in [5, 5.41) is 13.3. The summed E-state index contributed by atoms with van der Waals surface area (Å²) in [6.45, 7) is 0.899. The van der Waals surface area contributed by atoms with Gasteiger partial charge in [0.05, 0.1) is 19.3 Å². The summed E-state index contributed by atoms with van der Waals surface area (Å²) in [6, 6.07) is 0. The van der Waals surface area contributed by atoms with E-state index in [-0.39, 0.29) is 24.6 Å². The van der Waals surface area contributed by atoms with Gasteiger partial charge in [-0.05, 0) is 19.3 Å². The lowest BCUT2D eigenvalue weighted by Crippen LogP contribution is -2.35. The average Bonchev–Trinajstić information content (AvgIpc) is 2.75. The third-order valence-corrected chi connectivity index (χ3v) is 4.50. The molecule has 0 aromatic carbocycles. The van der Waals surface area contributed by atoms with E-state index >= 15 is 0 Å². The molecule has 24 heavy (non-hydrogen) atoms. The Labute approximate surface area is 137 Å². The third kappa shape index (κ3) is 3.56. The second-order valence-corrected chi connectivity index (χ2v) is 6.20. The van der Waals surface area contributed by atoms with Crippen LogP contribution in [0.2, 0.25) is 0 Å². The second kappa shape index (κ2) is 6.72. The molecule has 6 nitrogen and oxygen atoms in total. The van der Waals surface area contributed by atoms with Crippen LogP contribution in [0, 0.1) is 0 Å². The number of fused-ring (bicyclic) bond motifs is 1. The minimum absolute atomic E-state index is 0.0350. The summed E-state index contributed by atoms with van der Waals surface area (Å²) < 4.78 is 45.7. The quantitative estimate of drug-likeness (QED) is 0.877. The van der Waals surface area contributed by atoms with Gasteiger partial charge in [0.15, 0.2) is 5.69 Å². The van der Waals surface area contributed by atoms with Gasteiger partial charge in [0.1, 0.15) is 6.54 Å². The van der Waals surface area contributed by atoms with Crippen molar-refractivity contribution >= 4 is 5.91 Å². The van der Waals surface area contributed by atoms with Crippen LogP contribution in [0.25, 0.3) is 0 Å². The lowest BCUT2D eigenvalue weighted by molar-refractivity contribution is -0.143. The molecule has 1 aromatic heterocycles. The molecule has 1 aromatic rings. The fraction of sp³-hybridized carbons (Fsp3) is 0.733. The Kier molecular flexibility index (Phi) is 4.82. The van der Waals surface area contributed by atoms with Crippen molar-refractivity contribution in [3.8, 4) is 0 Å². The van der Waals surface area contributed by atoms with Gasteiger partial charge in [-0.3, -0.25) is 9.48 Å². The molecule has 2 aliphatic rings. The van der Waals surface area contributed by atoms with Gasteiger partial charge >= 0.3 is 6.18 Å². The van der Waals surface area contributed by atoms with Crippen molar-refractivity contribution in [2.24, 2.45) is 0 Å².